The average molecular weight is 383 g/mol. The van der Waals surface area contributed by atoms with Crippen LogP contribution in [0.3, 0.4) is 0 Å². The second-order valence-electron chi connectivity index (χ2n) is 6.98. The number of amides is 2. The lowest BCUT2D eigenvalue weighted by atomic mass is 10.1. The summed E-state index contributed by atoms with van der Waals surface area (Å²) in [6, 6.07) is 18.9. The van der Waals surface area contributed by atoms with E-state index in [4.69, 9.17) is 0 Å². The number of aromatic nitrogens is 1. The van der Waals surface area contributed by atoms with E-state index >= 15 is 0 Å². The van der Waals surface area contributed by atoms with Crippen molar-refractivity contribution in [1.82, 2.24) is 4.98 Å². The summed E-state index contributed by atoms with van der Waals surface area (Å²) in [4.78, 5) is 31.2. The second-order valence-corrected chi connectivity index (χ2v) is 6.98. The lowest BCUT2D eigenvalue weighted by Crippen LogP contribution is -2.29. The second kappa shape index (κ2) is 8.10. The van der Waals surface area contributed by atoms with Gasteiger partial charge in [0.25, 0.3) is 11.8 Å². The van der Waals surface area contributed by atoms with Gasteiger partial charge in [0, 0.05) is 35.9 Å². The molecule has 4 rings (SSSR count). The van der Waals surface area contributed by atoms with Crippen molar-refractivity contribution in [3.63, 3.8) is 0 Å². The van der Waals surface area contributed by atoms with E-state index in [0.29, 0.717) is 23.4 Å². The predicted octanol–water partition coefficient (Wildman–Crippen LogP) is 4.33. The third-order valence-corrected chi connectivity index (χ3v) is 4.93. The minimum atomic E-state index is -0.170. The number of pyridine rings is 1. The zero-order valence-electron chi connectivity index (χ0n) is 16.1. The zero-order valence-corrected chi connectivity index (χ0v) is 16.1. The molecule has 0 radical (unpaired) electrons. The molecule has 0 fully saturated rings. The summed E-state index contributed by atoms with van der Waals surface area (Å²) in [7, 11) is 0. The number of hydrogen-bond donors (Lipinski definition) is 1. The van der Waals surface area contributed by atoms with E-state index in [-0.39, 0.29) is 11.8 Å². The molecular weight excluding hydrogens is 362 g/mol. The summed E-state index contributed by atoms with van der Waals surface area (Å²) in [5, 5.41) is 2.93. The molecule has 0 bridgehead atoms. The third kappa shape index (κ3) is 4.09. The van der Waals surface area contributed by atoms with Gasteiger partial charge < -0.3 is 10.2 Å². The van der Waals surface area contributed by atoms with E-state index in [1.54, 1.807) is 36.4 Å². The first kappa shape index (κ1) is 18.6. The van der Waals surface area contributed by atoms with E-state index < -0.39 is 0 Å². The predicted molar refractivity (Wildman–Crippen MR) is 115 cm³/mol. The largest absolute Gasteiger partial charge is 0.322 e. The Labute approximate surface area is 169 Å². The van der Waals surface area contributed by atoms with E-state index in [1.807, 2.05) is 54.6 Å². The Bertz CT molecular complexity index is 1080. The maximum Gasteiger partial charge on any atom is 0.259 e. The van der Waals surface area contributed by atoms with Gasteiger partial charge in [0.15, 0.2) is 0 Å². The van der Waals surface area contributed by atoms with Crippen LogP contribution in [0.2, 0.25) is 0 Å². The van der Waals surface area contributed by atoms with Crippen LogP contribution in [0.1, 0.15) is 28.4 Å². The van der Waals surface area contributed by atoms with E-state index in [9.17, 15) is 9.59 Å². The molecule has 144 valence electrons. The van der Waals surface area contributed by atoms with Crippen molar-refractivity contribution in [2.45, 2.75) is 13.3 Å². The van der Waals surface area contributed by atoms with Crippen LogP contribution >= 0.6 is 0 Å². The van der Waals surface area contributed by atoms with Gasteiger partial charge in [0.05, 0.1) is 5.56 Å². The van der Waals surface area contributed by atoms with Gasteiger partial charge in [0.1, 0.15) is 0 Å². The summed E-state index contributed by atoms with van der Waals surface area (Å²) in [6.07, 6.45) is 5.86. The van der Waals surface area contributed by atoms with Gasteiger partial charge in [-0.2, -0.15) is 0 Å². The fourth-order valence-electron chi connectivity index (χ4n) is 3.41. The quantitative estimate of drug-likeness (QED) is 0.682. The number of fused-ring (bicyclic) bond motifs is 1. The fourth-order valence-corrected chi connectivity index (χ4v) is 3.41. The van der Waals surface area contributed by atoms with Crippen LogP contribution < -0.4 is 10.2 Å². The first-order valence-corrected chi connectivity index (χ1v) is 9.51. The van der Waals surface area contributed by atoms with Crippen molar-refractivity contribution in [2.24, 2.45) is 0 Å². The Morgan fingerprint density at radius 3 is 2.66 bits per heavy atom. The third-order valence-electron chi connectivity index (χ3n) is 4.93. The normalized spacial score (nSPS) is 13.1. The van der Waals surface area contributed by atoms with Crippen molar-refractivity contribution in [3.8, 4) is 0 Å². The maximum absolute atomic E-state index is 12.8. The van der Waals surface area contributed by atoms with Crippen LogP contribution in [0.4, 0.5) is 11.4 Å². The monoisotopic (exact) mass is 383 g/mol. The summed E-state index contributed by atoms with van der Waals surface area (Å²) in [5.74, 6) is -0.252. The van der Waals surface area contributed by atoms with Gasteiger partial charge in [-0.1, -0.05) is 36.4 Å². The highest BCUT2D eigenvalue weighted by molar-refractivity contribution is 6.09. The Kier molecular flexibility index (Phi) is 5.20. The summed E-state index contributed by atoms with van der Waals surface area (Å²) < 4.78 is 0. The molecule has 1 aromatic heterocycles. The number of carbonyl (C=O) groups is 2. The molecule has 29 heavy (non-hydrogen) atoms. The van der Waals surface area contributed by atoms with E-state index in [2.05, 4.69) is 10.3 Å². The Morgan fingerprint density at radius 1 is 1.07 bits per heavy atom. The van der Waals surface area contributed by atoms with Crippen molar-refractivity contribution >= 4 is 29.3 Å². The number of anilines is 2. The Hall–Kier alpha value is -3.73. The molecule has 0 spiro atoms. The SMILES string of the molecule is C/C(=C\c1ccccc1)C(=O)Nc1ccc2c(c1)N(C(=O)c1cccnc1)CC2. The molecule has 0 saturated carbocycles. The molecule has 2 amide bonds. The Morgan fingerprint density at radius 2 is 1.90 bits per heavy atom. The van der Waals surface area contributed by atoms with Gasteiger partial charge in [-0.25, -0.2) is 0 Å². The molecule has 0 aliphatic carbocycles. The maximum atomic E-state index is 12.8. The molecule has 2 heterocycles. The molecular formula is C24H21N3O2. The molecule has 5 heteroatoms. The number of nitrogens with zero attached hydrogens (tertiary/aromatic N) is 2. The molecule has 3 aromatic rings. The van der Waals surface area contributed by atoms with Crippen LogP contribution in [0.15, 0.2) is 78.6 Å². The van der Waals surface area contributed by atoms with Gasteiger partial charge in [-0.15, -0.1) is 0 Å². The molecule has 1 N–H and O–H groups in total. The van der Waals surface area contributed by atoms with Crippen LogP contribution in [0.25, 0.3) is 6.08 Å². The van der Waals surface area contributed by atoms with E-state index in [1.165, 1.54) is 0 Å². The number of hydrogen-bond acceptors (Lipinski definition) is 3. The van der Waals surface area contributed by atoms with Crippen molar-refractivity contribution in [1.29, 1.82) is 0 Å². The molecule has 1 aliphatic heterocycles. The van der Waals surface area contributed by atoms with Gasteiger partial charge in [0.2, 0.25) is 0 Å². The lowest BCUT2D eigenvalue weighted by molar-refractivity contribution is -0.112. The van der Waals surface area contributed by atoms with Gasteiger partial charge in [-0.3, -0.25) is 14.6 Å². The molecule has 5 nitrogen and oxygen atoms in total. The van der Waals surface area contributed by atoms with Gasteiger partial charge >= 0.3 is 0 Å². The van der Waals surface area contributed by atoms with Crippen LogP contribution in [-0.4, -0.2) is 23.3 Å². The van der Waals surface area contributed by atoms with Gasteiger partial charge in [-0.05, 0) is 54.8 Å². The molecule has 2 aromatic carbocycles. The number of benzene rings is 2. The number of carbonyl (C=O) groups excluding carboxylic acids is 2. The van der Waals surface area contributed by atoms with E-state index in [0.717, 1.165) is 23.2 Å². The topological polar surface area (TPSA) is 62.3 Å². The molecule has 1 aliphatic rings. The smallest absolute Gasteiger partial charge is 0.259 e. The van der Waals surface area contributed by atoms with Crippen LogP contribution in [-0.2, 0) is 11.2 Å². The lowest BCUT2D eigenvalue weighted by Gasteiger charge is -2.18. The van der Waals surface area contributed by atoms with Crippen molar-refractivity contribution in [3.05, 3.63) is 95.3 Å². The first-order chi connectivity index (χ1) is 14.1. The number of rotatable bonds is 4. The minimum Gasteiger partial charge on any atom is -0.322 e. The Balaban J connectivity index is 1.53. The summed E-state index contributed by atoms with van der Waals surface area (Å²) >= 11 is 0. The standard InChI is InChI=1S/C24H21N3O2/c1-17(14-18-6-3-2-4-7-18)23(28)26-21-10-9-19-11-13-27(22(19)15-21)24(29)20-8-5-12-25-16-20/h2-10,12,14-16H,11,13H2,1H3,(H,26,28)/b17-14+. The zero-order chi connectivity index (χ0) is 20.2. The molecule has 0 unspecified atom stereocenters. The van der Waals surface area contributed by atoms with Crippen LogP contribution in [0, 0.1) is 0 Å². The molecule has 0 atom stereocenters. The molecule has 0 saturated heterocycles. The highest BCUT2D eigenvalue weighted by Gasteiger charge is 2.26. The summed E-state index contributed by atoms with van der Waals surface area (Å²) in [5.41, 5.74) is 4.73. The first-order valence-electron chi connectivity index (χ1n) is 9.51. The highest BCUT2D eigenvalue weighted by Crippen LogP contribution is 2.32. The van der Waals surface area contributed by atoms with Crippen LogP contribution in [0.5, 0.6) is 0 Å². The fraction of sp³-hybridized carbons (Fsp3) is 0.125. The van der Waals surface area contributed by atoms with Crippen molar-refractivity contribution in [2.75, 3.05) is 16.8 Å². The average Bonchev–Trinajstić information content (AvgIpc) is 3.17. The number of nitrogens with one attached hydrogen (secondary N) is 1. The minimum absolute atomic E-state index is 0.0829. The summed E-state index contributed by atoms with van der Waals surface area (Å²) in [6.45, 7) is 2.40. The van der Waals surface area contributed by atoms with Crippen molar-refractivity contribution < 1.29 is 9.59 Å². The highest BCUT2D eigenvalue weighted by atomic mass is 16.2.